The van der Waals surface area contributed by atoms with Crippen LogP contribution in [0, 0.1) is 6.92 Å². The summed E-state index contributed by atoms with van der Waals surface area (Å²) in [6.07, 6.45) is 0. The van der Waals surface area contributed by atoms with Crippen LogP contribution in [0.15, 0.2) is 4.79 Å². The van der Waals surface area contributed by atoms with Gasteiger partial charge in [0.15, 0.2) is 5.52 Å². The Balaban J connectivity index is 2.96. The first-order valence-corrected chi connectivity index (χ1v) is 5.12. The summed E-state index contributed by atoms with van der Waals surface area (Å²) in [4.78, 5) is 16.6. The first kappa shape index (κ1) is 10.8. The normalized spacial score (nSPS) is 12.3. The van der Waals surface area contributed by atoms with Crippen molar-refractivity contribution in [2.24, 2.45) is 7.05 Å². The van der Waals surface area contributed by atoms with Gasteiger partial charge < -0.3 is 0 Å². The van der Waals surface area contributed by atoms with E-state index in [9.17, 15) is 4.79 Å². The van der Waals surface area contributed by atoms with Gasteiger partial charge in [-0.05, 0) is 27.7 Å². The van der Waals surface area contributed by atoms with E-state index in [2.05, 4.69) is 15.3 Å². The molecule has 0 amide bonds. The van der Waals surface area contributed by atoms with E-state index < -0.39 is 0 Å². The SMILES string of the molecule is Cc1nc2nnn(C)c2c(=O)n1C(C)(C)C. The number of fused-ring (bicyclic) bond motifs is 1. The number of hydrogen-bond acceptors (Lipinski definition) is 4. The average molecular weight is 221 g/mol. The molecule has 6 heteroatoms. The van der Waals surface area contributed by atoms with Gasteiger partial charge in [-0.15, -0.1) is 5.10 Å². The third kappa shape index (κ3) is 1.41. The summed E-state index contributed by atoms with van der Waals surface area (Å²) in [5, 5.41) is 7.66. The Kier molecular flexibility index (Phi) is 2.11. The van der Waals surface area contributed by atoms with Crippen LogP contribution in [0.2, 0.25) is 0 Å². The van der Waals surface area contributed by atoms with Crippen LogP contribution in [0.5, 0.6) is 0 Å². The monoisotopic (exact) mass is 221 g/mol. The second kappa shape index (κ2) is 3.13. The lowest BCUT2D eigenvalue weighted by atomic mass is 10.1. The molecular weight excluding hydrogens is 206 g/mol. The van der Waals surface area contributed by atoms with Gasteiger partial charge in [0.05, 0.1) is 0 Å². The van der Waals surface area contributed by atoms with Crippen LogP contribution in [0.4, 0.5) is 0 Å². The number of aromatic nitrogens is 5. The maximum atomic E-state index is 12.3. The summed E-state index contributed by atoms with van der Waals surface area (Å²) in [6.45, 7) is 7.72. The van der Waals surface area contributed by atoms with Gasteiger partial charge in [-0.3, -0.25) is 9.36 Å². The predicted octanol–water partition coefficient (Wildman–Crippen LogP) is 0.588. The average Bonchev–Trinajstić information content (AvgIpc) is 2.44. The predicted molar refractivity (Wildman–Crippen MR) is 60.3 cm³/mol. The summed E-state index contributed by atoms with van der Waals surface area (Å²) in [7, 11) is 1.70. The fourth-order valence-corrected chi connectivity index (χ4v) is 1.90. The van der Waals surface area contributed by atoms with Crippen molar-refractivity contribution in [1.82, 2.24) is 24.5 Å². The van der Waals surface area contributed by atoms with Crippen molar-refractivity contribution < 1.29 is 0 Å². The lowest BCUT2D eigenvalue weighted by Gasteiger charge is -2.23. The molecular formula is C10H15N5O. The van der Waals surface area contributed by atoms with Crippen LogP contribution in [-0.2, 0) is 12.6 Å². The summed E-state index contributed by atoms with van der Waals surface area (Å²) in [5.74, 6) is 0.658. The number of hydrogen-bond donors (Lipinski definition) is 0. The molecule has 0 atom stereocenters. The van der Waals surface area contributed by atoms with Gasteiger partial charge in [-0.25, -0.2) is 9.67 Å². The van der Waals surface area contributed by atoms with Crippen LogP contribution >= 0.6 is 0 Å². The molecule has 2 rings (SSSR count). The molecule has 2 aromatic heterocycles. The first-order valence-electron chi connectivity index (χ1n) is 5.12. The lowest BCUT2D eigenvalue weighted by Crippen LogP contribution is -2.36. The standard InChI is InChI=1S/C10H15N5O/c1-6-11-8-7(14(5)13-12-8)9(16)15(6)10(2,3)4/h1-5H3. The highest BCUT2D eigenvalue weighted by Gasteiger charge is 2.21. The zero-order valence-corrected chi connectivity index (χ0v) is 10.1. The van der Waals surface area contributed by atoms with E-state index in [1.54, 1.807) is 18.5 Å². The second-order valence-electron chi connectivity index (χ2n) is 4.86. The van der Waals surface area contributed by atoms with Crippen molar-refractivity contribution in [3.8, 4) is 0 Å². The van der Waals surface area contributed by atoms with Gasteiger partial charge in [0.2, 0.25) is 5.65 Å². The molecule has 0 fully saturated rings. The van der Waals surface area contributed by atoms with E-state index in [4.69, 9.17) is 0 Å². The fraction of sp³-hybridized carbons (Fsp3) is 0.600. The van der Waals surface area contributed by atoms with E-state index in [1.165, 1.54) is 4.68 Å². The minimum Gasteiger partial charge on any atom is -0.290 e. The lowest BCUT2D eigenvalue weighted by molar-refractivity contribution is 0.371. The van der Waals surface area contributed by atoms with E-state index >= 15 is 0 Å². The molecule has 2 heterocycles. The molecule has 0 aliphatic carbocycles. The highest BCUT2D eigenvalue weighted by Crippen LogP contribution is 2.14. The topological polar surface area (TPSA) is 65.6 Å². The Labute approximate surface area is 92.9 Å². The molecule has 0 unspecified atom stereocenters. The second-order valence-corrected chi connectivity index (χ2v) is 4.86. The Morgan fingerprint density at radius 2 is 1.88 bits per heavy atom. The van der Waals surface area contributed by atoms with Crippen molar-refractivity contribution in [3.05, 3.63) is 16.2 Å². The third-order valence-corrected chi connectivity index (χ3v) is 2.48. The first-order chi connectivity index (χ1) is 7.32. The van der Waals surface area contributed by atoms with E-state index in [1.807, 2.05) is 20.8 Å². The van der Waals surface area contributed by atoms with Crippen molar-refractivity contribution in [2.75, 3.05) is 0 Å². The van der Waals surface area contributed by atoms with Crippen LogP contribution in [-0.4, -0.2) is 24.5 Å². The van der Waals surface area contributed by atoms with Crippen molar-refractivity contribution in [3.63, 3.8) is 0 Å². The number of rotatable bonds is 0. The highest BCUT2D eigenvalue weighted by molar-refractivity contribution is 5.68. The molecule has 6 nitrogen and oxygen atoms in total. The van der Waals surface area contributed by atoms with Gasteiger partial charge in [0.25, 0.3) is 5.56 Å². The quantitative estimate of drug-likeness (QED) is 0.653. The van der Waals surface area contributed by atoms with Crippen molar-refractivity contribution >= 4 is 11.2 Å². The fourth-order valence-electron chi connectivity index (χ4n) is 1.90. The molecule has 16 heavy (non-hydrogen) atoms. The van der Waals surface area contributed by atoms with Gasteiger partial charge in [0, 0.05) is 12.6 Å². The van der Waals surface area contributed by atoms with Crippen LogP contribution in [0.3, 0.4) is 0 Å². The molecule has 0 saturated carbocycles. The zero-order chi connectivity index (χ0) is 12.1. The minimum atomic E-state index is -0.299. The molecule has 0 aliphatic rings. The van der Waals surface area contributed by atoms with Gasteiger partial charge in [-0.2, -0.15) is 0 Å². The summed E-state index contributed by atoms with van der Waals surface area (Å²) in [6, 6.07) is 0. The molecule has 0 N–H and O–H groups in total. The minimum absolute atomic E-state index is 0.0949. The largest absolute Gasteiger partial charge is 0.290 e. The molecule has 0 spiro atoms. The zero-order valence-electron chi connectivity index (χ0n) is 10.1. The summed E-state index contributed by atoms with van der Waals surface area (Å²) in [5.41, 5.74) is 0.459. The van der Waals surface area contributed by atoms with Crippen LogP contribution in [0.1, 0.15) is 26.6 Å². The Morgan fingerprint density at radius 1 is 1.25 bits per heavy atom. The molecule has 0 saturated heterocycles. The van der Waals surface area contributed by atoms with Crippen molar-refractivity contribution in [2.45, 2.75) is 33.2 Å². The van der Waals surface area contributed by atoms with Gasteiger partial charge in [-0.1, -0.05) is 5.21 Å². The smallest absolute Gasteiger partial charge is 0.281 e. The third-order valence-electron chi connectivity index (χ3n) is 2.48. The molecule has 86 valence electrons. The maximum Gasteiger partial charge on any atom is 0.281 e. The van der Waals surface area contributed by atoms with Gasteiger partial charge in [0.1, 0.15) is 5.82 Å². The number of aryl methyl sites for hydroxylation is 2. The molecule has 0 aromatic carbocycles. The Morgan fingerprint density at radius 3 is 2.44 bits per heavy atom. The summed E-state index contributed by atoms with van der Waals surface area (Å²) >= 11 is 0. The Bertz CT molecular complexity index is 602. The number of nitrogens with zero attached hydrogens (tertiary/aromatic N) is 5. The van der Waals surface area contributed by atoms with E-state index in [-0.39, 0.29) is 11.1 Å². The maximum absolute atomic E-state index is 12.3. The van der Waals surface area contributed by atoms with Crippen molar-refractivity contribution in [1.29, 1.82) is 0 Å². The van der Waals surface area contributed by atoms with Crippen LogP contribution in [0.25, 0.3) is 11.2 Å². The molecule has 0 aliphatic heterocycles. The molecule has 0 radical (unpaired) electrons. The highest BCUT2D eigenvalue weighted by atomic mass is 16.1. The Hall–Kier alpha value is -1.72. The van der Waals surface area contributed by atoms with Crippen LogP contribution < -0.4 is 5.56 Å². The molecule has 2 aromatic rings. The van der Waals surface area contributed by atoms with Gasteiger partial charge >= 0.3 is 0 Å². The summed E-state index contributed by atoms with van der Waals surface area (Å²) < 4.78 is 3.13. The molecule has 0 bridgehead atoms. The van der Waals surface area contributed by atoms with E-state index in [0.29, 0.717) is 17.0 Å². The van der Waals surface area contributed by atoms with E-state index in [0.717, 1.165) is 0 Å².